The molecule has 2 amide bonds. The van der Waals surface area contributed by atoms with Crippen molar-refractivity contribution < 1.29 is 13.9 Å². The van der Waals surface area contributed by atoms with Crippen molar-refractivity contribution in [2.45, 2.75) is 52.6 Å². The predicted molar refractivity (Wildman–Crippen MR) is 160 cm³/mol. The van der Waals surface area contributed by atoms with Gasteiger partial charge in [0.1, 0.15) is 29.0 Å². The van der Waals surface area contributed by atoms with Crippen molar-refractivity contribution in [1.29, 1.82) is 0 Å². The number of halogens is 1. The number of nitrogens with zero attached hydrogens (tertiary/aromatic N) is 4. The predicted octanol–water partition coefficient (Wildman–Crippen LogP) is 6.77. The van der Waals surface area contributed by atoms with Crippen molar-refractivity contribution in [3.05, 3.63) is 83.4 Å². The SMILES string of the molecule is CC(C)Nc1cc(Oc2ccc(NC(=O)Nc3cc(C(C)C)nn3-c3ccc4c(c3)CN(C)CC4)c(F)c2)ccn1. The molecule has 4 aromatic rings. The summed E-state index contributed by atoms with van der Waals surface area (Å²) < 4.78 is 22.5. The first-order valence-electron chi connectivity index (χ1n) is 13.8. The van der Waals surface area contributed by atoms with E-state index in [0.29, 0.717) is 23.1 Å². The fraction of sp³-hybridized carbons (Fsp3) is 0.323. The molecule has 0 unspecified atom stereocenters. The average molecular weight is 558 g/mol. The standard InChI is InChI=1S/C31H36FN7O2/c1-19(2)28-17-30(39(37-28)23-7-6-21-11-13-38(5)18-22(21)14-23)36-31(40)35-27-9-8-24(15-26(27)32)41-25-10-12-33-29(16-25)34-20(3)4/h6-10,12,14-17,19-20H,11,13,18H2,1-5H3,(H,33,34)(H2,35,36,40). The summed E-state index contributed by atoms with van der Waals surface area (Å²) in [4.78, 5) is 19.5. The molecule has 5 rings (SSSR count). The monoisotopic (exact) mass is 557 g/mol. The normalized spacial score (nSPS) is 13.3. The van der Waals surface area contributed by atoms with Crippen LogP contribution in [0.5, 0.6) is 11.5 Å². The van der Waals surface area contributed by atoms with Gasteiger partial charge in [-0.1, -0.05) is 19.9 Å². The molecule has 2 aromatic heterocycles. The summed E-state index contributed by atoms with van der Waals surface area (Å²) in [6, 6.07) is 15.5. The van der Waals surface area contributed by atoms with Gasteiger partial charge in [0.2, 0.25) is 0 Å². The van der Waals surface area contributed by atoms with Gasteiger partial charge in [0, 0.05) is 43.5 Å². The lowest BCUT2D eigenvalue weighted by atomic mass is 9.99. The molecule has 1 aliphatic heterocycles. The Labute approximate surface area is 239 Å². The highest BCUT2D eigenvalue weighted by atomic mass is 19.1. The van der Waals surface area contributed by atoms with Gasteiger partial charge >= 0.3 is 6.03 Å². The highest BCUT2D eigenvalue weighted by Crippen LogP contribution is 2.28. The van der Waals surface area contributed by atoms with Crippen molar-refractivity contribution in [3.63, 3.8) is 0 Å². The largest absolute Gasteiger partial charge is 0.457 e. The number of urea groups is 1. The van der Waals surface area contributed by atoms with Crippen LogP contribution in [0.3, 0.4) is 0 Å². The molecule has 0 radical (unpaired) electrons. The zero-order chi connectivity index (χ0) is 29.1. The van der Waals surface area contributed by atoms with Crippen LogP contribution in [-0.2, 0) is 13.0 Å². The van der Waals surface area contributed by atoms with Gasteiger partial charge in [-0.15, -0.1) is 0 Å². The van der Waals surface area contributed by atoms with Crippen molar-refractivity contribution in [1.82, 2.24) is 19.7 Å². The van der Waals surface area contributed by atoms with Crippen molar-refractivity contribution in [2.75, 3.05) is 29.5 Å². The second kappa shape index (κ2) is 12.0. The number of hydrogen-bond acceptors (Lipinski definition) is 6. The lowest BCUT2D eigenvalue weighted by molar-refractivity contribution is 0.262. The maximum Gasteiger partial charge on any atom is 0.324 e. The topological polar surface area (TPSA) is 96.3 Å². The first-order chi connectivity index (χ1) is 19.6. The molecule has 10 heteroatoms. The van der Waals surface area contributed by atoms with Gasteiger partial charge in [-0.3, -0.25) is 5.32 Å². The number of amides is 2. The third kappa shape index (κ3) is 6.83. The third-order valence-electron chi connectivity index (χ3n) is 6.79. The molecule has 0 aliphatic carbocycles. The highest BCUT2D eigenvalue weighted by Gasteiger charge is 2.19. The Morgan fingerprint density at radius 1 is 0.976 bits per heavy atom. The number of likely N-dealkylation sites (N-methyl/N-ethyl adjacent to an activating group) is 1. The molecular formula is C31H36FN7O2. The average Bonchev–Trinajstić information content (AvgIpc) is 3.33. The van der Waals surface area contributed by atoms with Gasteiger partial charge in [-0.05, 0) is 74.7 Å². The van der Waals surface area contributed by atoms with E-state index in [1.807, 2.05) is 39.8 Å². The van der Waals surface area contributed by atoms with Crippen LogP contribution < -0.4 is 20.7 Å². The minimum absolute atomic E-state index is 0.0266. The quantitative estimate of drug-likeness (QED) is 0.221. The Balaban J connectivity index is 1.30. The molecule has 0 saturated heterocycles. The van der Waals surface area contributed by atoms with Crippen molar-refractivity contribution >= 4 is 23.4 Å². The second-order valence-electron chi connectivity index (χ2n) is 11.0. The molecule has 41 heavy (non-hydrogen) atoms. The second-order valence-corrected chi connectivity index (χ2v) is 11.0. The van der Waals surface area contributed by atoms with Gasteiger partial charge in [-0.2, -0.15) is 5.10 Å². The number of carbonyl (C=O) groups is 1. The summed E-state index contributed by atoms with van der Waals surface area (Å²) >= 11 is 0. The van der Waals surface area contributed by atoms with E-state index in [4.69, 9.17) is 9.84 Å². The minimum Gasteiger partial charge on any atom is -0.457 e. The lowest BCUT2D eigenvalue weighted by Crippen LogP contribution is -2.26. The number of rotatable bonds is 8. The molecule has 2 aromatic carbocycles. The highest BCUT2D eigenvalue weighted by molar-refractivity contribution is 5.99. The van der Waals surface area contributed by atoms with Crippen molar-refractivity contribution in [2.24, 2.45) is 0 Å². The van der Waals surface area contributed by atoms with Gasteiger partial charge in [0.25, 0.3) is 0 Å². The minimum atomic E-state index is -0.623. The van der Waals surface area contributed by atoms with E-state index in [0.717, 1.165) is 30.9 Å². The first kappa shape index (κ1) is 28.1. The lowest BCUT2D eigenvalue weighted by Gasteiger charge is -2.25. The number of ether oxygens (including phenoxy) is 1. The summed E-state index contributed by atoms with van der Waals surface area (Å²) in [5.74, 6) is 1.51. The third-order valence-corrected chi connectivity index (χ3v) is 6.79. The van der Waals surface area contributed by atoms with E-state index in [-0.39, 0.29) is 17.6 Å². The van der Waals surface area contributed by atoms with Crippen LogP contribution in [0.15, 0.2) is 60.8 Å². The van der Waals surface area contributed by atoms with E-state index >= 15 is 0 Å². The number of nitrogens with one attached hydrogen (secondary N) is 3. The van der Waals surface area contributed by atoms with E-state index in [9.17, 15) is 9.18 Å². The van der Waals surface area contributed by atoms with Gasteiger partial charge in [0.15, 0.2) is 0 Å². The fourth-order valence-electron chi connectivity index (χ4n) is 4.70. The summed E-state index contributed by atoms with van der Waals surface area (Å²) in [7, 11) is 2.11. The Morgan fingerprint density at radius 3 is 2.54 bits per heavy atom. The van der Waals surface area contributed by atoms with Gasteiger partial charge < -0.3 is 20.3 Å². The van der Waals surface area contributed by atoms with Crippen LogP contribution in [0.4, 0.5) is 26.5 Å². The van der Waals surface area contributed by atoms with Crippen LogP contribution in [0.1, 0.15) is 50.4 Å². The van der Waals surface area contributed by atoms with Crippen LogP contribution in [0.2, 0.25) is 0 Å². The number of hydrogen-bond donors (Lipinski definition) is 3. The molecule has 0 saturated carbocycles. The van der Waals surface area contributed by atoms with E-state index in [1.165, 1.54) is 23.3 Å². The number of anilines is 3. The fourth-order valence-corrected chi connectivity index (χ4v) is 4.70. The first-order valence-corrected chi connectivity index (χ1v) is 13.8. The number of fused-ring (bicyclic) bond motifs is 1. The Bertz CT molecular complexity index is 1550. The number of benzene rings is 2. The Morgan fingerprint density at radius 2 is 1.78 bits per heavy atom. The van der Waals surface area contributed by atoms with Crippen LogP contribution in [0, 0.1) is 5.82 Å². The van der Waals surface area contributed by atoms with E-state index in [1.54, 1.807) is 29.1 Å². The summed E-state index contributed by atoms with van der Waals surface area (Å²) in [6.07, 6.45) is 2.62. The maximum atomic E-state index is 15.0. The molecule has 3 N–H and O–H groups in total. The molecule has 3 heterocycles. The van der Waals surface area contributed by atoms with Gasteiger partial charge in [0.05, 0.1) is 17.1 Å². The summed E-state index contributed by atoms with van der Waals surface area (Å²) in [5.41, 5.74) is 4.30. The molecule has 214 valence electrons. The van der Waals surface area contributed by atoms with Crippen molar-refractivity contribution in [3.8, 4) is 17.2 Å². The number of pyridine rings is 1. The Hall–Kier alpha value is -4.44. The smallest absolute Gasteiger partial charge is 0.324 e. The molecule has 0 spiro atoms. The zero-order valence-corrected chi connectivity index (χ0v) is 24.0. The maximum absolute atomic E-state index is 15.0. The molecule has 9 nitrogen and oxygen atoms in total. The van der Waals surface area contributed by atoms with Crippen LogP contribution in [-0.4, -0.2) is 45.3 Å². The molecule has 0 fully saturated rings. The number of carbonyl (C=O) groups excluding carboxylic acids is 1. The number of aromatic nitrogens is 3. The molecule has 0 bridgehead atoms. The molecule has 0 atom stereocenters. The van der Waals surface area contributed by atoms with Gasteiger partial charge in [-0.25, -0.2) is 18.9 Å². The van der Waals surface area contributed by atoms with Crippen LogP contribution >= 0.6 is 0 Å². The Kier molecular flexibility index (Phi) is 8.21. The zero-order valence-electron chi connectivity index (χ0n) is 24.0. The summed E-state index contributed by atoms with van der Waals surface area (Å²) in [5, 5.41) is 13.4. The van der Waals surface area contributed by atoms with E-state index in [2.05, 4.69) is 45.0 Å². The summed E-state index contributed by atoms with van der Waals surface area (Å²) in [6.45, 7) is 10.0. The molecular weight excluding hydrogens is 521 g/mol. The van der Waals surface area contributed by atoms with E-state index < -0.39 is 11.8 Å². The van der Waals surface area contributed by atoms with Crippen LogP contribution in [0.25, 0.3) is 5.69 Å². The molecule has 1 aliphatic rings.